The number of hydrogen-bond acceptors (Lipinski definition) is 5. The van der Waals surface area contributed by atoms with Gasteiger partial charge in [-0.25, -0.2) is 4.98 Å². The van der Waals surface area contributed by atoms with Gasteiger partial charge in [0.05, 0.1) is 11.0 Å². The molecule has 0 saturated carbocycles. The lowest BCUT2D eigenvalue weighted by Gasteiger charge is -2.11. The number of para-hydroxylation sites is 2. The van der Waals surface area contributed by atoms with E-state index in [4.69, 9.17) is 23.8 Å². The van der Waals surface area contributed by atoms with Crippen molar-refractivity contribution in [2.24, 2.45) is 0 Å². The zero-order valence-corrected chi connectivity index (χ0v) is 30.4. The molecule has 0 N–H and O–H groups in total. The van der Waals surface area contributed by atoms with Crippen LogP contribution in [0.25, 0.3) is 117 Å². The van der Waals surface area contributed by atoms with Crippen LogP contribution in [0.4, 0.5) is 0 Å². The summed E-state index contributed by atoms with van der Waals surface area (Å²) in [6, 6.07) is 62.6. The Morgan fingerprint density at radius 1 is 0.333 bits per heavy atom. The Bertz CT molecular complexity index is 3510. The number of aromatic nitrogens is 4. The van der Waals surface area contributed by atoms with Gasteiger partial charge in [0.2, 0.25) is 5.95 Å². The first-order valence-corrected chi connectivity index (χ1v) is 19.0. The molecule has 0 fully saturated rings. The maximum Gasteiger partial charge on any atom is 0.238 e. The molecule has 0 aliphatic heterocycles. The van der Waals surface area contributed by atoms with E-state index < -0.39 is 0 Å². The van der Waals surface area contributed by atoms with Crippen molar-refractivity contribution in [3.8, 4) is 51.0 Å². The summed E-state index contributed by atoms with van der Waals surface area (Å²) in [7, 11) is 0. The summed E-state index contributed by atoms with van der Waals surface area (Å²) in [4.78, 5) is 15.7. The molecule has 0 spiro atoms. The first-order valence-electron chi connectivity index (χ1n) is 19.0. The predicted octanol–water partition coefficient (Wildman–Crippen LogP) is 13.4. The molecule has 6 nitrogen and oxygen atoms in total. The summed E-state index contributed by atoms with van der Waals surface area (Å²) in [6.45, 7) is 0. The average molecular weight is 731 g/mol. The molecule has 266 valence electrons. The summed E-state index contributed by atoms with van der Waals surface area (Å²) >= 11 is 0. The average Bonchev–Trinajstić information content (AvgIpc) is 3.96. The third-order valence-electron chi connectivity index (χ3n) is 11.1. The zero-order chi connectivity index (χ0) is 37.5. The first kappa shape index (κ1) is 31.5. The van der Waals surface area contributed by atoms with Gasteiger partial charge in [0.1, 0.15) is 22.3 Å². The lowest BCUT2D eigenvalue weighted by molar-refractivity contribution is 0.669. The van der Waals surface area contributed by atoms with E-state index in [0.717, 1.165) is 99.1 Å². The molecule has 4 aromatic heterocycles. The molecule has 0 bridgehead atoms. The van der Waals surface area contributed by atoms with Gasteiger partial charge in [0, 0.05) is 43.4 Å². The van der Waals surface area contributed by atoms with E-state index >= 15 is 0 Å². The molecule has 57 heavy (non-hydrogen) atoms. The molecule has 0 saturated heterocycles. The van der Waals surface area contributed by atoms with Crippen molar-refractivity contribution < 1.29 is 8.83 Å². The van der Waals surface area contributed by atoms with Gasteiger partial charge < -0.3 is 8.83 Å². The van der Waals surface area contributed by atoms with Crippen molar-refractivity contribution in [2.75, 3.05) is 0 Å². The quantitative estimate of drug-likeness (QED) is 0.176. The fourth-order valence-electron chi connectivity index (χ4n) is 8.48. The van der Waals surface area contributed by atoms with Crippen LogP contribution in [0.2, 0.25) is 0 Å². The van der Waals surface area contributed by atoms with Crippen molar-refractivity contribution in [3.63, 3.8) is 0 Å². The van der Waals surface area contributed by atoms with E-state index in [2.05, 4.69) is 150 Å². The Morgan fingerprint density at radius 2 is 0.930 bits per heavy atom. The van der Waals surface area contributed by atoms with Crippen molar-refractivity contribution in [3.05, 3.63) is 182 Å². The van der Waals surface area contributed by atoms with Crippen LogP contribution >= 0.6 is 0 Å². The van der Waals surface area contributed by atoms with Gasteiger partial charge >= 0.3 is 0 Å². The van der Waals surface area contributed by atoms with Crippen LogP contribution in [0, 0.1) is 0 Å². The van der Waals surface area contributed by atoms with Crippen LogP contribution in [0.3, 0.4) is 0 Å². The highest BCUT2D eigenvalue weighted by Gasteiger charge is 2.22. The second-order valence-electron chi connectivity index (χ2n) is 14.4. The molecule has 0 aliphatic carbocycles. The Balaban J connectivity index is 1.09. The summed E-state index contributed by atoms with van der Waals surface area (Å²) in [6.07, 6.45) is 0. The molecular formula is C51H30N4O2. The van der Waals surface area contributed by atoms with E-state index in [1.54, 1.807) is 0 Å². The van der Waals surface area contributed by atoms with Gasteiger partial charge in [-0.3, -0.25) is 4.57 Å². The van der Waals surface area contributed by atoms with Crippen LogP contribution < -0.4 is 0 Å². The number of nitrogens with zero attached hydrogens (tertiary/aromatic N) is 4. The SMILES string of the molecule is c1ccc(-c2ccc(-c3nc(-c4ccc5c(c4)oc4cccc(-c6ccccc6)c45)nc(-n4c5ccccc5c5c6c(ccc54)oc4ccccc46)n3)cc2)cc1. The second-order valence-corrected chi connectivity index (χ2v) is 14.4. The first-order chi connectivity index (χ1) is 28.2. The fraction of sp³-hybridized carbons (Fsp3) is 0. The Morgan fingerprint density at radius 3 is 1.75 bits per heavy atom. The van der Waals surface area contributed by atoms with Gasteiger partial charge in [0.25, 0.3) is 0 Å². The smallest absolute Gasteiger partial charge is 0.238 e. The van der Waals surface area contributed by atoms with E-state index in [1.165, 1.54) is 0 Å². The zero-order valence-electron chi connectivity index (χ0n) is 30.4. The number of rotatable bonds is 5. The minimum Gasteiger partial charge on any atom is -0.456 e. The normalized spacial score (nSPS) is 11.9. The van der Waals surface area contributed by atoms with Crippen LogP contribution in [-0.2, 0) is 0 Å². The van der Waals surface area contributed by atoms with Crippen LogP contribution in [-0.4, -0.2) is 19.5 Å². The minimum atomic E-state index is 0.525. The van der Waals surface area contributed by atoms with Gasteiger partial charge in [-0.15, -0.1) is 0 Å². The molecule has 4 heterocycles. The van der Waals surface area contributed by atoms with Crippen LogP contribution in [0.15, 0.2) is 191 Å². The van der Waals surface area contributed by atoms with Gasteiger partial charge in [-0.2, -0.15) is 9.97 Å². The van der Waals surface area contributed by atoms with E-state index in [-0.39, 0.29) is 0 Å². The molecule has 0 radical (unpaired) electrons. The van der Waals surface area contributed by atoms with Gasteiger partial charge in [0.15, 0.2) is 11.6 Å². The lowest BCUT2D eigenvalue weighted by Crippen LogP contribution is -2.06. The second kappa shape index (κ2) is 12.3. The third kappa shape index (κ3) is 4.94. The molecule has 8 aromatic carbocycles. The Hall–Kier alpha value is -7.83. The number of fused-ring (bicyclic) bond motifs is 10. The summed E-state index contributed by atoms with van der Waals surface area (Å²) in [5.41, 5.74) is 11.6. The minimum absolute atomic E-state index is 0.525. The number of benzene rings is 8. The maximum absolute atomic E-state index is 6.55. The van der Waals surface area contributed by atoms with Gasteiger partial charge in [-0.1, -0.05) is 140 Å². The summed E-state index contributed by atoms with van der Waals surface area (Å²) < 4.78 is 15.1. The molecular weight excluding hydrogens is 701 g/mol. The lowest BCUT2D eigenvalue weighted by atomic mass is 9.99. The van der Waals surface area contributed by atoms with E-state index in [1.807, 2.05) is 36.4 Å². The van der Waals surface area contributed by atoms with E-state index in [9.17, 15) is 0 Å². The highest BCUT2D eigenvalue weighted by Crippen LogP contribution is 2.42. The largest absolute Gasteiger partial charge is 0.456 e. The highest BCUT2D eigenvalue weighted by atomic mass is 16.3. The maximum atomic E-state index is 6.55. The molecule has 0 unspecified atom stereocenters. The third-order valence-corrected chi connectivity index (χ3v) is 11.1. The van der Waals surface area contributed by atoms with Crippen molar-refractivity contribution >= 4 is 65.7 Å². The number of furan rings is 2. The molecule has 0 amide bonds. The summed E-state index contributed by atoms with van der Waals surface area (Å²) in [5, 5.41) is 6.47. The number of hydrogen-bond donors (Lipinski definition) is 0. The van der Waals surface area contributed by atoms with Crippen molar-refractivity contribution in [1.82, 2.24) is 19.5 Å². The standard InChI is InChI=1S/C51H30N4O2/c1-3-12-31(13-4-1)32-22-24-34(25-23-32)49-52-50(35-26-27-39-45(30-35)57-43-21-11-18-36(46(39)43)33-14-5-2-6-15-33)54-51(53-49)55-40-19-9-7-16-37(40)47-41(55)28-29-44-48(47)38-17-8-10-20-42(38)56-44/h1-30H. The molecule has 0 aliphatic rings. The molecule has 12 aromatic rings. The van der Waals surface area contributed by atoms with Crippen LogP contribution in [0.1, 0.15) is 0 Å². The van der Waals surface area contributed by atoms with Crippen LogP contribution in [0.5, 0.6) is 0 Å². The van der Waals surface area contributed by atoms with E-state index in [0.29, 0.717) is 17.6 Å². The Labute approximate surface area is 325 Å². The van der Waals surface area contributed by atoms with Crippen molar-refractivity contribution in [1.29, 1.82) is 0 Å². The Kier molecular flexibility index (Phi) is 6.83. The topological polar surface area (TPSA) is 69.9 Å². The predicted molar refractivity (Wildman–Crippen MR) is 230 cm³/mol. The molecule has 6 heteroatoms. The monoisotopic (exact) mass is 730 g/mol. The van der Waals surface area contributed by atoms with Crippen molar-refractivity contribution in [2.45, 2.75) is 0 Å². The fourth-order valence-corrected chi connectivity index (χ4v) is 8.48. The van der Waals surface area contributed by atoms with Gasteiger partial charge in [-0.05, 0) is 64.7 Å². The molecule has 12 rings (SSSR count). The summed E-state index contributed by atoms with van der Waals surface area (Å²) in [5.74, 6) is 1.65. The molecule has 0 atom stereocenters. The highest BCUT2D eigenvalue weighted by molar-refractivity contribution is 6.27.